The molecule has 0 bridgehead atoms. The van der Waals surface area contributed by atoms with Gasteiger partial charge in [-0.15, -0.1) is 0 Å². The number of ether oxygens (including phenoxy) is 1. The van der Waals surface area contributed by atoms with Crippen LogP contribution in [0.5, 0.6) is 0 Å². The zero-order valence-electron chi connectivity index (χ0n) is 13.6. The molecule has 1 rings (SSSR count). The molecule has 0 heterocycles. The first-order valence-corrected chi connectivity index (χ1v) is 6.94. The summed E-state index contributed by atoms with van der Waals surface area (Å²) in [5, 5.41) is 4.67. The van der Waals surface area contributed by atoms with E-state index < -0.39 is 30.1 Å². The van der Waals surface area contributed by atoms with Gasteiger partial charge in [0.1, 0.15) is 0 Å². The first kappa shape index (κ1) is 17.7. The molecule has 0 aliphatic carbocycles. The molecule has 0 radical (unpaired) electrons. The van der Waals surface area contributed by atoms with Gasteiger partial charge in [-0.1, -0.05) is 17.2 Å². The summed E-state index contributed by atoms with van der Waals surface area (Å²) in [6.07, 6.45) is 0. The van der Waals surface area contributed by atoms with Crippen LogP contribution in [-0.4, -0.2) is 30.1 Å². The van der Waals surface area contributed by atoms with E-state index >= 15 is 0 Å². The number of rotatable bonds is 3. The Morgan fingerprint density at radius 1 is 1.05 bits per heavy atom. The minimum atomic E-state index is -0.681. The Balaban J connectivity index is 2.50. The molecular weight excluding hydrogens is 284 g/mol. The Morgan fingerprint density at radius 3 is 2.09 bits per heavy atom. The number of amides is 3. The fraction of sp³-hybridized carbons (Fsp3) is 0.438. The Bertz CT molecular complexity index is 568. The predicted octanol–water partition coefficient (Wildman–Crippen LogP) is 2.08. The average molecular weight is 306 g/mol. The molecule has 3 amide bonds. The van der Waals surface area contributed by atoms with E-state index in [9.17, 15) is 14.4 Å². The highest BCUT2D eigenvalue weighted by Gasteiger charge is 2.17. The second-order valence-corrected chi connectivity index (χ2v) is 6.20. The number of benzene rings is 1. The van der Waals surface area contributed by atoms with Crippen molar-refractivity contribution in [1.82, 2.24) is 10.6 Å². The fourth-order valence-electron chi connectivity index (χ4n) is 1.84. The van der Waals surface area contributed by atoms with Gasteiger partial charge in [0.2, 0.25) is 0 Å². The topological polar surface area (TPSA) is 84.5 Å². The van der Waals surface area contributed by atoms with E-state index in [-0.39, 0.29) is 0 Å². The van der Waals surface area contributed by atoms with Gasteiger partial charge in [0.05, 0.1) is 5.56 Å². The summed E-state index contributed by atoms with van der Waals surface area (Å²) in [4.78, 5) is 34.9. The Morgan fingerprint density at radius 2 is 1.59 bits per heavy atom. The van der Waals surface area contributed by atoms with Crippen molar-refractivity contribution < 1.29 is 19.1 Å². The number of imide groups is 1. The number of hydrogen-bond acceptors (Lipinski definition) is 4. The van der Waals surface area contributed by atoms with E-state index in [1.807, 2.05) is 19.9 Å². The smallest absolute Gasteiger partial charge is 0.338 e. The number of hydrogen-bond donors (Lipinski definition) is 2. The maximum Gasteiger partial charge on any atom is 0.338 e. The lowest BCUT2D eigenvalue weighted by atomic mass is 10.1. The molecule has 0 saturated heterocycles. The maximum atomic E-state index is 11.9. The Kier molecular flexibility index (Phi) is 5.68. The summed E-state index contributed by atoms with van der Waals surface area (Å²) in [5.41, 5.74) is 1.78. The van der Waals surface area contributed by atoms with E-state index in [2.05, 4.69) is 10.6 Å². The molecule has 22 heavy (non-hydrogen) atoms. The highest BCUT2D eigenvalue weighted by atomic mass is 16.5. The van der Waals surface area contributed by atoms with Crippen LogP contribution in [0.3, 0.4) is 0 Å². The highest BCUT2D eigenvalue weighted by molar-refractivity contribution is 5.97. The standard InChI is InChI=1S/C16H22N2O4/c1-10-6-11(2)8-12(7-10)14(20)22-9-13(19)17-15(21)18-16(3,4)5/h6-8H,9H2,1-5H3,(H2,17,18,19,21). The van der Waals surface area contributed by atoms with Crippen LogP contribution in [0.2, 0.25) is 0 Å². The van der Waals surface area contributed by atoms with Crippen molar-refractivity contribution in [3.63, 3.8) is 0 Å². The number of esters is 1. The van der Waals surface area contributed by atoms with E-state index in [4.69, 9.17) is 4.74 Å². The van der Waals surface area contributed by atoms with Gasteiger partial charge in [-0.2, -0.15) is 0 Å². The number of nitrogens with one attached hydrogen (secondary N) is 2. The van der Waals surface area contributed by atoms with E-state index in [0.29, 0.717) is 5.56 Å². The van der Waals surface area contributed by atoms with Crippen LogP contribution in [0, 0.1) is 13.8 Å². The molecule has 0 fully saturated rings. The summed E-state index contributed by atoms with van der Waals surface area (Å²) >= 11 is 0. The lowest BCUT2D eigenvalue weighted by molar-refractivity contribution is -0.123. The lowest BCUT2D eigenvalue weighted by Gasteiger charge is -2.20. The fourth-order valence-corrected chi connectivity index (χ4v) is 1.84. The Labute approximate surface area is 130 Å². The molecule has 0 unspecified atom stereocenters. The molecule has 0 spiro atoms. The summed E-state index contributed by atoms with van der Waals surface area (Å²) in [5.74, 6) is -1.28. The lowest BCUT2D eigenvalue weighted by Crippen LogP contribution is -2.49. The minimum absolute atomic E-state index is 0.379. The normalized spacial score (nSPS) is 10.8. The molecule has 6 heteroatoms. The average Bonchev–Trinajstić information content (AvgIpc) is 2.32. The van der Waals surface area contributed by atoms with Crippen molar-refractivity contribution >= 4 is 17.9 Å². The maximum absolute atomic E-state index is 11.9. The van der Waals surface area contributed by atoms with Crippen LogP contribution in [0.15, 0.2) is 18.2 Å². The third-order valence-corrected chi connectivity index (χ3v) is 2.53. The van der Waals surface area contributed by atoms with Crippen molar-refractivity contribution in [2.45, 2.75) is 40.2 Å². The third kappa shape index (κ3) is 6.39. The van der Waals surface area contributed by atoms with Crippen LogP contribution in [0.1, 0.15) is 42.3 Å². The molecule has 1 aromatic rings. The summed E-state index contributed by atoms with van der Waals surface area (Å²) < 4.78 is 4.90. The second kappa shape index (κ2) is 7.06. The third-order valence-electron chi connectivity index (χ3n) is 2.53. The van der Waals surface area contributed by atoms with Gasteiger partial charge in [0, 0.05) is 5.54 Å². The number of carbonyl (C=O) groups excluding carboxylic acids is 3. The first-order chi connectivity index (χ1) is 10.1. The largest absolute Gasteiger partial charge is 0.452 e. The summed E-state index contributed by atoms with van der Waals surface area (Å²) in [6.45, 7) is 8.59. The van der Waals surface area contributed by atoms with Gasteiger partial charge >= 0.3 is 12.0 Å². The summed E-state index contributed by atoms with van der Waals surface area (Å²) in [6, 6.07) is 4.67. The van der Waals surface area contributed by atoms with Crippen LogP contribution in [0.25, 0.3) is 0 Å². The van der Waals surface area contributed by atoms with Crippen molar-refractivity contribution in [2.75, 3.05) is 6.61 Å². The van der Waals surface area contributed by atoms with Gasteiger partial charge in [-0.25, -0.2) is 9.59 Å². The quantitative estimate of drug-likeness (QED) is 0.837. The van der Waals surface area contributed by atoms with Crippen LogP contribution in [-0.2, 0) is 9.53 Å². The SMILES string of the molecule is Cc1cc(C)cc(C(=O)OCC(=O)NC(=O)NC(C)(C)C)c1. The predicted molar refractivity (Wildman–Crippen MR) is 82.6 cm³/mol. The van der Waals surface area contributed by atoms with Crippen LogP contribution < -0.4 is 10.6 Å². The number of aryl methyl sites for hydroxylation is 2. The first-order valence-electron chi connectivity index (χ1n) is 6.94. The number of carbonyl (C=O) groups is 3. The molecule has 120 valence electrons. The van der Waals surface area contributed by atoms with Gasteiger partial charge in [0.25, 0.3) is 5.91 Å². The molecule has 6 nitrogen and oxygen atoms in total. The molecule has 0 aliphatic heterocycles. The van der Waals surface area contributed by atoms with Gasteiger partial charge in [0.15, 0.2) is 6.61 Å². The van der Waals surface area contributed by atoms with Crippen molar-refractivity contribution in [3.05, 3.63) is 34.9 Å². The molecule has 1 aromatic carbocycles. The summed E-state index contributed by atoms with van der Waals surface area (Å²) in [7, 11) is 0. The van der Waals surface area contributed by atoms with Gasteiger partial charge in [-0.05, 0) is 46.8 Å². The van der Waals surface area contributed by atoms with Crippen LogP contribution in [0.4, 0.5) is 4.79 Å². The molecule has 0 saturated carbocycles. The van der Waals surface area contributed by atoms with Crippen molar-refractivity contribution in [1.29, 1.82) is 0 Å². The zero-order valence-corrected chi connectivity index (χ0v) is 13.6. The molecule has 0 atom stereocenters. The van der Waals surface area contributed by atoms with Gasteiger partial charge in [-0.3, -0.25) is 10.1 Å². The highest BCUT2D eigenvalue weighted by Crippen LogP contribution is 2.10. The minimum Gasteiger partial charge on any atom is -0.452 e. The molecule has 2 N–H and O–H groups in total. The monoisotopic (exact) mass is 306 g/mol. The Hall–Kier alpha value is -2.37. The van der Waals surface area contributed by atoms with E-state index in [1.54, 1.807) is 32.9 Å². The van der Waals surface area contributed by atoms with Crippen LogP contribution >= 0.6 is 0 Å². The van der Waals surface area contributed by atoms with Crippen molar-refractivity contribution in [2.24, 2.45) is 0 Å². The van der Waals surface area contributed by atoms with E-state index in [1.165, 1.54) is 0 Å². The molecular formula is C16H22N2O4. The van der Waals surface area contributed by atoms with Gasteiger partial charge < -0.3 is 10.1 Å². The number of urea groups is 1. The molecule has 0 aromatic heterocycles. The second-order valence-electron chi connectivity index (χ2n) is 6.20. The van der Waals surface area contributed by atoms with E-state index in [0.717, 1.165) is 11.1 Å². The molecule has 0 aliphatic rings. The zero-order chi connectivity index (χ0) is 16.9. The van der Waals surface area contributed by atoms with Crippen molar-refractivity contribution in [3.8, 4) is 0 Å².